The van der Waals surface area contributed by atoms with Crippen LogP contribution in [-0.4, -0.2) is 59.9 Å². The van der Waals surface area contributed by atoms with E-state index in [2.05, 4.69) is 15.6 Å². The van der Waals surface area contributed by atoms with E-state index in [1.54, 1.807) is 0 Å². The maximum Gasteiger partial charge on any atom is 0.305 e. The Kier molecular flexibility index (Phi) is 9.48. The van der Waals surface area contributed by atoms with Gasteiger partial charge in [-0.05, 0) is 12.8 Å². The summed E-state index contributed by atoms with van der Waals surface area (Å²) in [5, 5.41) is 13.0. The molecular formula is C12H23N7O5. The van der Waals surface area contributed by atoms with Crippen LogP contribution < -0.4 is 33.6 Å². The number of aliphatic carboxylic acids is 1. The zero-order valence-corrected chi connectivity index (χ0v) is 13.0. The van der Waals surface area contributed by atoms with Gasteiger partial charge in [-0.25, -0.2) is 0 Å². The number of nitrogens with two attached hydrogens (primary N) is 4. The van der Waals surface area contributed by atoms with Gasteiger partial charge in [-0.2, -0.15) is 0 Å². The van der Waals surface area contributed by atoms with Crippen LogP contribution >= 0.6 is 0 Å². The van der Waals surface area contributed by atoms with Crippen LogP contribution in [-0.2, 0) is 19.2 Å². The number of amides is 3. The number of hydrogen-bond donors (Lipinski definition) is 7. The van der Waals surface area contributed by atoms with Crippen LogP contribution in [0.2, 0.25) is 0 Å². The summed E-state index contributed by atoms with van der Waals surface area (Å²) in [7, 11) is 0. The van der Waals surface area contributed by atoms with Crippen molar-refractivity contribution in [3.05, 3.63) is 0 Å². The van der Waals surface area contributed by atoms with Crippen LogP contribution in [0.4, 0.5) is 0 Å². The van der Waals surface area contributed by atoms with Crippen molar-refractivity contribution >= 4 is 29.7 Å². The fourth-order valence-electron chi connectivity index (χ4n) is 1.59. The third kappa shape index (κ3) is 9.94. The summed E-state index contributed by atoms with van der Waals surface area (Å²) < 4.78 is 0. The van der Waals surface area contributed by atoms with Crippen LogP contribution in [0.5, 0.6) is 0 Å². The van der Waals surface area contributed by atoms with Crippen molar-refractivity contribution < 1.29 is 24.3 Å². The number of carboxylic acids is 1. The molecule has 0 aliphatic heterocycles. The molecule has 0 radical (unpaired) electrons. The first-order valence-electron chi connectivity index (χ1n) is 7.02. The average Bonchev–Trinajstić information content (AvgIpc) is 2.47. The lowest BCUT2D eigenvalue weighted by Gasteiger charge is -2.15. The molecule has 0 fully saturated rings. The number of aliphatic imine (C=N–C) groups is 1. The van der Waals surface area contributed by atoms with Crippen molar-refractivity contribution in [1.82, 2.24) is 10.6 Å². The number of guanidine groups is 1. The second-order valence-corrected chi connectivity index (χ2v) is 4.89. The van der Waals surface area contributed by atoms with Gasteiger partial charge in [0.15, 0.2) is 5.96 Å². The summed E-state index contributed by atoms with van der Waals surface area (Å²) in [5.74, 6) is -3.70. The summed E-state index contributed by atoms with van der Waals surface area (Å²) >= 11 is 0. The van der Waals surface area contributed by atoms with Gasteiger partial charge in [-0.1, -0.05) is 0 Å². The largest absolute Gasteiger partial charge is 0.481 e. The first kappa shape index (κ1) is 21.1. The lowest BCUT2D eigenvalue weighted by Crippen LogP contribution is -2.50. The number of nitrogens with zero attached hydrogens (tertiary/aromatic N) is 1. The minimum atomic E-state index is -1.36. The predicted molar refractivity (Wildman–Crippen MR) is 84.3 cm³/mol. The molecule has 0 aliphatic carbocycles. The van der Waals surface area contributed by atoms with E-state index in [1.807, 2.05) is 0 Å². The van der Waals surface area contributed by atoms with Gasteiger partial charge in [-0.15, -0.1) is 0 Å². The third-order valence-corrected chi connectivity index (χ3v) is 2.78. The summed E-state index contributed by atoms with van der Waals surface area (Å²) in [4.78, 5) is 48.6. The van der Waals surface area contributed by atoms with Gasteiger partial charge in [0.05, 0.1) is 19.0 Å². The summed E-state index contributed by atoms with van der Waals surface area (Å²) in [6, 6.07) is -2.22. The Morgan fingerprint density at radius 3 is 2.25 bits per heavy atom. The van der Waals surface area contributed by atoms with E-state index in [0.717, 1.165) is 0 Å². The lowest BCUT2D eigenvalue weighted by molar-refractivity contribution is -0.140. The second kappa shape index (κ2) is 10.8. The molecule has 0 saturated carbocycles. The molecule has 136 valence electrons. The highest BCUT2D eigenvalue weighted by molar-refractivity contribution is 5.92. The fraction of sp³-hybridized carbons (Fsp3) is 0.583. The number of carboxylic acid groups (broad SMARTS) is 1. The zero-order valence-electron chi connectivity index (χ0n) is 13.0. The molecule has 0 aromatic heterocycles. The molecule has 0 rings (SSSR count). The van der Waals surface area contributed by atoms with Crippen LogP contribution in [0, 0.1) is 0 Å². The molecule has 24 heavy (non-hydrogen) atoms. The highest BCUT2D eigenvalue weighted by atomic mass is 16.4. The number of carbonyl (C=O) groups is 4. The maximum absolute atomic E-state index is 11.7. The molecule has 0 unspecified atom stereocenters. The number of hydrogen-bond acceptors (Lipinski definition) is 6. The third-order valence-electron chi connectivity index (χ3n) is 2.78. The summed E-state index contributed by atoms with van der Waals surface area (Å²) in [6.07, 6.45) is 0.119. The molecule has 11 N–H and O–H groups in total. The van der Waals surface area contributed by atoms with E-state index in [1.165, 1.54) is 0 Å². The SMILES string of the molecule is NC(=O)[C@H](CC(=O)O)NC(=O)CNC(=O)[C@@H](N)CCCN=C(N)N. The molecule has 12 nitrogen and oxygen atoms in total. The molecule has 0 aromatic carbocycles. The van der Waals surface area contributed by atoms with E-state index >= 15 is 0 Å². The van der Waals surface area contributed by atoms with E-state index in [0.29, 0.717) is 19.4 Å². The monoisotopic (exact) mass is 345 g/mol. The van der Waals surface area contributed by atoms with E-state index in [4.69, 9.17) is 28.0 Å². The number of nitrogens with one attached hydrogen (secondary N) is 2. The first-order chi connectivity index (χ1) is 11.1. The summed E-state index contributed by atoms with van der Waals surface area (Å²) in [6.45, 7) is -0.150. The molecule has 0 bridgehead atoms. The maximum atomic E-state index is 11.7. The Balaban J connectivity index is 4.19. The van der Waals surface area contributed by atoms with Gasteiger partial charge in [-0.3, -0.25) is 24.2 Å². The number of rotatable bonds is 11. The topological polar surface area (TPSA) is 229 Å². The van der Waals surface area contributed by atoms with E-state index in [9.17, 15) is 19.2 Å². The van der Waals surface area contributed by atoms with Gasteiger partial charge in [0.2, 0.25) is 17.7 Å². The standard InChI is InChI=1S/C12H23N7O5/c13-6(2-1-3-17-12(15)16)11(24)18-5-8(20)19-7(10(14)23)4-9(21)22/h6-7H,1-5,13H2,(H2,14,23)(H,18,24)(H,19,20)(H,21,22)(H4,15,16,17)/t6-,7-/m0/s1. The predicted octanol–water partition coefficient (Wildman–Crippen LogP) is -4.07. The summed E-state index contributed by atoms with van der Waals surface area (Å²) in [5.41, 5.74) is 20.9. The van der Waals surface area contributed by atoms with E-state index < -0.39 is 48.7 Å². The molecule has 0 aromatic rings. The quantitative estimate of drug-likeness (QED) is 0.110. The minimum Gasteiger partial charge on any atom is -0.481 e. The van der Waals surface area contributed by atoms with Crippen molar-refractivity contribution in [1.29, 1.82) is 0 Å². The smallest absolute Gasteiger partial charge is 0.305 e. The van der Waals surface area contributed by atoms with Gasteiger partial charge < -0.3 is 38.7 Å². The van der Waals surface area contributed by atoms with Crippen molar-refractivity contribution in [3.8, 4) is 0 Å². The molecule has 0 saturated heterocycles. The molecule has 12 heteroatoms. The zero-order chi connectivity index (χ0) is 18.7. The average molecular weight is 345 g/mol. The second-order valence-electron chi connectivity index (χ2n) is 4.89. The van der Waals surface area contributed by atoms with Crippen molar-refractivity contribution in [2.24, 2.45) is 27.9 Å². The normalized spacial score (nSPS) is 12.5. The van der Waals surface area contributed by atoms with Crippen molar-refractivity contribution in [2.75, 3.05) is 13.1 Å². The molecule has 3 amide bonds. The Morgan fingerprint density at radius 1 is 1.12 bits per heavy atom. The number of primary amides is 1. The van der Waals surface area contributed by atoms with Gasteiger partial charge in [0.25, 0.3) is 0 Å². The van der Waals surface area contributed by atoms with Crippen LogP contribution in [0.25, 0.3) is 0 Å². The Labute approximate surface area is 138 Å². The van der Waals surface area contributed by atoms with Crippen LogP contribution in [0.15, 0.2) is 4.99 Å². The minimum absolute atomic E-state index is 0.0601. The Hall–Kier alpha value is -2.89. The Bertz CT molecular complexity index is 504. The lowest BCUT2D eigenvalue weighted by atomic mass is 10.1. The highest BCUT2D eigenvalue weighted by Gasteiger charge is 2.22. The highest BCUT2D eigenvalue weighted by Crippen LogP contribution is 1.95. The van der Waals surface area contributed by atoms with Crippen LogP contribution in [0.3, 0.4) is 0 Å². The molecule has 0 heterocycles. The first-order valence-corrected chi connectivity index (χ1v) is 7.02. The molecular weight excluding hydrogens is 322 g/mol. The molecule has 0 aliphatic rings. The Morgan fingerprint density at radius 2 is 1.75 bits per heavy atom. The van der Waals surface area contributed by atoms with Gasteiger partial charge in [0.1, 0.15) is 6.04 Å². The molecule has 2 atom stereocenters. The van der Waals surface area contributed by atoms with E-state index in [-0.39, 0.29) is 5.96 Å². The van der Waals surface area contributed by atoms with Crippen molar-refractivity contribution in [2.45, 2.75) is 31.3 Å². The van der Waals surface area contributed by atoms with Gasteiger partial charge >= 0.3 is 5.97 Å². The molecule has 0 spiro atoms. The van der Waals surface area contributed by atoms with Crippen LogP contribution in [0.1, 0.15) is 19.3 Å². The fourth-order valence-corrected chi connectivity index (χ4v) is 1.59. The van der Waals surface area contributed by atoms with Gasteiger partial charge in [0, 0.05) is 6.54 Å². The van der Waals surface area contributed by atoms with Crippen molar-refractivity contribution in [3.63, 3.8) is 0 Å². The number of carbonyl (C=O) groups excluding carboxylic acids is 3.